The fraction of sp³-hybridized carbons (Fsp3) is 0.0870. The largest absolute Gasteiger partial charge is 0.326 e. The van der Waals surface area contributed by atoms with E-state index in [-0.39, 0.29) is 16.5 Å². The lowest BCUT2D eigenvalue weighted by Gasteiger charge is -2.16. The molecule has 1 aliphatic rings. The zero-order valence-electron chi connectivity index (χ0n) is 17.4. The van der Waals surface area contributed by atoms with Crippen LogP contribution in [0.15, 0.2) is 88.2 Å². The van der Waals surface area contributed by atoms with E-state index in [9.17, 15) is 22.4 Å². The maximum atomic E-state index is 13.2. The molecule has 11 heteroatoms. The number of carbonyl (C=O) groups is 2. The molecule has 1 atom stereocenters. The highest BCUT2D eigenvalue weighted by Crippen LogP contribution is 2.35. The number of amides is 2. The van der Waals surface area contributed by atoms with E-state index in [0.29, 0.717) is 16.4 Å². The van der Waals surface area contributed by atoms with Crippen molar-refractivity contribution >= 4 is 61.7 Å². The minimum Gasteiger partial charge on any atom is -0.326 e. The molecule has 1 N–H and O–H groups in total. The third kappa shape index (κ3) is 5.46. The van der Waals surface area contributed by atoms with Crippen LogP contribution in [0, 0.1) is 5.82 Å². The zero-order chi connectivity index (χ0) is 24.3. The summed E-state index contributed by atoms with van der Waals surface area (Å²) in [5.74, 6) is -1.40. The minimum atomic E-state index is -4.15. The van der Waals surface area contributed by atoms with Gasteiger partial charge in [-0.2, -0.15) is 8.42 Å². The average molecular weight is 518 g/mol. The number of rotatable bonds is 6. The van der Waals surface area contributed by atoms with Gasteiger partial charge in [-0.15, -0.1) is 4.40 Å². The van der Waals surface area contributed by atoms with E-state index in [1.165, 1.54) is 53.4 Å². The first-order chi connectivity index (χ1) is 16.2. The molecule has 0 aromatic heterocycles. The van der Waals surface area contributed by atoms with Gasteiger partial charge in [-0.25, -0.2) is 4.39 Å². The van der Waals surface area contributed by atoms with Crippen molar-refractivity contribution in [2.75, 3.05) is 10.2 Å². The summed E-state index contributed by atoms with van der Waals surface area (Å²) in [6.07, 6.45) is -0.232. The Labute approximate surface area is 204 Å². The monoisotopic (exact) mass is 517 g/mol. The molecule has 34 heavy (non-hydrogen) atoms. The number of hydrogen-bond donors (Lipinski definition) is 1. The molecule has 0 spiro atoms. The normalized spacial score (nSPS) is 17.2. The van der Waals surface area contributed by atoms with Gasteiger partial charge in [0.2, 0.25) is 11.8 Å². The lowest BCUT2D eigenvalue weighted by molar-refractivity contribution is -0.121. The van der Waals surface area contributed by atoms with Crippen molar-refractivity contribution in [1.29, 1.82) is 0 Å². The number of nitrogens with one attached hydrogen (secondary N) is 1. The minimum absolute atomic E-state index is 0.0641. The summed E-state index contributed by atoms with van der Waals surface area (Å²) in [6, 6.07) is 19.2. The highest BCUT2D eigenvalue weighted by Gasteiger charge is 2.41. The molecule has 0 aliphatic carbocycles. The van der Waals surface area contributed by atoms with Crippen LogP contribution in [0.3, 0.4) is 0 Å². The standard InChI is InChI=1S/C23H17ClFN3O4S2/c24-15-6-12-19(13-7-15)34(31,32)27-23-28(18-4-2-1-3-5-18)22(30)20(33-23)14-21(29)26-17-10-8-16(25)9-11-17/h1-13,20H,14H2,(H,26,29)/t20-/m0/s1. The first-order valence-corrected chi connectivity index (χ1v) is 12.6. The van der Waals surface area contributed by atoms with E-state index in [4.69, 9.17) is 11.6 Å². The number of sulfonamides is 1. The van der Waals surface area contributed by atoms with Gasteiger partial charge in [0.05, 0.1) is 10.6 Å². The summed E-state index contributed by atoms with van der Waals surface area (Å²) in [4.78, 5) is 26.8. The zero-order valence-corrected chi connectivity index (χ0v) is 19.8. The van der Waals surface area contributed by atoms with Crippen LogP contribution in [-0.4, -0.2) is 30.6 Å². The molecule has 0 radical (unpaired) electrons. The summed E-state index contributed by atoms with van der Waals surface area (Å²) in [6.45, 7) is 0. The Balaban J connectivity index is 1.61. The van der Waals surface area contributed by atoms with Crippen LogP contribution in [0.2, 0.25) is 5.02 Å². The van der Waals surface area contributed by atoms with E-state index in [0.717, 1.165) is 11.8 Å². The summed E-state index contributed by atoms with van der Waals surface area (Å²) in [7, 11) is -4.15. The van der Waals surface area contributed by atoms with Crippen LogP contribution in [0.25, 0.3) is 0 Å². The molecule has 3 aromatic rings. The number of thioether (sulfide) groups is 1. The molecule has 2 amide bonds. The van der Waals surface area contributed by atoms with Crippen molar-refractivity contribution in [3.05, 3.63) is 89.7 Å². The topological polar surface area (TPSA) is 95.9 Å². The molecule has 1 heterocycles. The lowest BCUT2D eigenvalue weighted by Crippen LogP contribution is -2.33. The van der Waals surface area contributed by atoms with E-state index < -0.39 is 32.9 Å². The number of hydrogen-bond acceptors (Lipinski definition) is 5. The van der Waals surface area contributed by atoms with Crippen molar-refractivity contribution in [2.24, 2.45) is 4.40 Å². The first-order valence-electron chi connectivity index (χ1n) is 9.94. The molecule has 174 valence electrons. The summed E-state index contributed by atoms with van der Waals surface area (Å²) < 4.78 is 42.8. The molecule has 3 aromatic carbocycles. The fourth-order valence-corrected chi connectivity index (χ4v) is 5.61. The Morgan fingerprint density at radius 2 is 1.68 bits per heavy atom. The van der Waals surface area contributed by atoms with Crippen molar-refractivity contribution in [3.8, 4) is 0 Å². The van der Waals surface area contributed by atoms with Gasteiger partial charge >= 0.3 is 0 Å². The maximum absolute atomic E-state index is 13.2. The Bertz CT molecular complexity index is 1350. The summed E-state index contributed by atoms with van der Waals surface area (Å²) >= 11 is 6.73. The van der Waals surface area contributed by atoms with Crippen molar-refractivity contribution < 1.29 is 22.4 Å². The van der Waals surface area contributed by atoms with Gasteiger partial charge in [0.1, 0.15) is 11.1 Å². The summed E-state index contributed by atoms with van der Waals surface area (Å²) in [5, 5.41) is 2.01. The third-order valence-corrected chi connectivity index (χ3v) is 7.54. The molecule has 1 saturated heterocycles. The second-order valence-corrected chi connectivity index (χ2v) is 10.4. The fourth-order valence-electron chi connectivity index (χ4n) is 3.15. The number of benzene rings is 3. The molecule has 1 fully saturated rings. The van der Waals surface area contributed by atoms with Gasteiger partial charge in [-0.3, -0.25) is 14.5 Å². The van der Waals surface area contributed by atoms with E-state index in [2.05, 4.69) is 9.71 Å². The Morgan fingerprint density at radius 1 is 1.03 bits per heavy atom. The van der Waals surface area contributed by atoms with Gasteiger partial charge in [-0.1, -0.05) is 41.6 Å². The number of nitrogens with zero attached hydrogens (tertiary/aromatic N) is 2. The Morgan fingerprint density at radius 3 is 2.32 bits per heavy atom. The first kappa shape index (κ1) is 23.9. The predicted octanol–water partition coefficient (Wildman–Crippen LogP) is 4.70. The number of halogens is 2. The van der Waals surface area contributed by atoms with Crippen LogP contribution in [0.1, 0.15) is 6.42 Å². The van der Waals surface area contributed by atoms with Gasteiger partial charge < -0.3 is 5.32 Å². The highest BCUT2D eigenvalue weighted by atomic mass is 35.5. The summed E-state index contributed by atoms with van der Waals surface area (Å²) in [5.41, 5.74) is 0.799. The smallest absolute Gasteiger partial charge is 0.284 e. The molecule has 0 saturated carbocycles. The third-order valence-electron chi connectivity index (χ3n) is 4.76. The van der Waals surface area contributed by atoms with Gasteiger partial charge in [0, 0.05) is 17.1 Å². The van der Waals surface area contributed by atoms with E-state index in [1.807, 2.05) is 0 Å². The van der Waals surface area contributed by atoms with Gasteiger partial charge in [0.15, 0.2) is 5.17 Å². The van der Waals surface area contributed by atoms with Crippen molar-refractivity contribution in [2.45, 2.75) is 16.6 Å². The highest BCUT2D eigenvalue weighted by molar-refractivity contribution is 8.16. The molecule has 4 rings (SSSR count). The number of amidine groups is 1. The lowest BCUT2D eigenvalue weighted by atomic mass is 10.2. The molecule has 1 aliphatic heterocycles. The van der Waals surface area contributed by atoms with Crippen LogP contribution >= 0.6 is 23.4 Å². The molecule has 7 nitrogen and oxygen atoms in total. The van der Waals surface area contributed by atoms with Crippen LogP contribution in [0.4, 0.5) is 15.8 Å². The maximum Gasteiger partial charge on any atom is 0.284 e. The molecular weight excluding hydrogens is 501 g/mol. The average Bonchev–Trinajstić information content (AvgIpc) is 3.10. The number of para-hydroxylation sites is 1. The van der Waals surface area contributed by atoms with Crippen molar-refractivity contribution in [1.82, 2.24) is 0 Å². The van der Waals surface area contributed by atoms with Crippen molar-refractivity contribution in [3.63, 3.8) is 0 Å². The number of carbonyl (C=O) groups excluding carboxylic acids is 2. The molecule has 0 bridgehead atoms. The molecule has 0 unspecified atom stereocenters. The SMILES string of the molecule is O=C(C[C@@H]1SC(=NS(=O)(=O)c2ccc(Cl)cc2)N(c2ccccc2)C1=O)Nc1ccc(F)cc1. The quantitative estimate of drug-likeness (QED) is 0.511. The Kier molecular flexibility index (Phi) is 7.01. The second-order valence-electron chi connectivity index (χ2n) is 7.18. The van der Waals surface area contributed by atoms with Crippen LogP contribution < -0.4 is 10.2 Å². The Hall–Kier alpha value is -3.21. The molecular formula is C23H17ClFN3O4S2. The van der Waals surface area contributed by atoms with Gasteiger partial charge in [0.25, 0.3) is 10.0 Å². The van der Waals surface area contributed by atoms with Gasteiger partial charge in [-0.05, 0) is 60.7 Å². The predicted molar refractivity (Wildman–Crippen MR) is 131 cm³/mol. The number of anilines is 2. The second kappa shape index (κ2) is 9.96. The van der Waals surface area contributed by atoms with E-state index >= 15 is 0 Å². The van der Waals surface area contributed by atoms with Crippen LogP contribution in [-0.2, 0) is 19.6 Å². The van der Waals surface area contributed by atoms with E-state index in [1.54, 1.807) is 30.3 Å². The van der Waals surface area contributed by atoms with Crippen LogP contribution in [0.5, 0.6) is 0 Å².